The molecule has 0 radical (unpaired) electrons. The third kappa shape index (κ3) is 4.40. The Balaban J connectivity index is 1.48. The number of H-pyrrole nitrogens is 1. The molecule has 0 atom stereocenters. The van der Waals surface area contributed by atoms with Crippen molar-refractivity contribution in [1.29, 1.82) is 0 Å². The first-order valence-electron chi connectivity index (χ1n) is 9.42. The van der Waals surface area contributed by atoms with E-state index in [9.17, 15) is 14.4 Å². The molecule has 146 valence electrons. The first-order chi connectivity index (χ1) is 14.1. The molecule has 0 bridgehead atoms. The standard InChI is InChI=1S/C22H20N4O3/c27-20(24-13-14-4-3-11-23-12-14)16-5-1-2-6-19(16)26-22(29)17-9-10-18(15-7-8-15)25-21(17)28/h1-6,9-12,15H,7-8,13H2,(H,24,27)(H,25,28)(H,26,29). The van der Waals surface area contributed by atoms with Gasteiger partial charge in [-0.3, -0.25) is 19.4 Å². The average Bonchev–Trinajstić information content (AvgIpc) is 3.58. The maximum absolute atomic E-state index is 12.6. The lowest BCUT2D eigenvalue weighted by atomic mass is 10.1. The van der Waals surface area contributed by atoms with E-state index in [1.807, 2.05) is 6.07 Å². The first-order valence-corrected chi connectivity index (χ1v) is 9.42. The van der Waals surface area contributed by atoms with Crippen molar-refractivity contribution in [2.45, 2.75) is 25.3 Å². The van der Waals surface area contributed by atoms with E-state index >= 15 is 0 Å². The number of para-hydroxylation sites is 1. The second kappa shape index (κ2) is 8.10. The minimum absolute atomic E-state index is 0.0139. The van der Waals surface area contributed by atoms with Crippen LogP contribution in [-0.4, -0.2) is 21.8 Å². The molecule has 1 saturated carbocycles. The van der Waals surface area contributed by atoms with Crippen molar-refractivity contribution in [3.05, 3.63) is 93.7 Å². The van der Waals surface area contributed by atoms with Crippen LogP contribution >= 0.6 is 0 Å². The van der Waals surface area contributed by atoms with Gasteiger partial charge in [-0.25, -0.2) is 0 Å². The third-order valence-electron chi connectivity index (χ3n) is 4.79. The Kier molecular flexibility index (Phi) is 5.20. The molecule has 2 aromatic heterocycles. The van der Waals surface area contributed by atoms with Crippen molar-refractivity contribution in [2.24, 2.45) is 0 Å². The van der Waals surface area contributed by atoms with E-state index < -0.39 is 11.5 Å². The van der Waals surface area contributed by atoms with E-state index in [4.69, 9.17) is 0 Å². The number of rotatable bonds is 6. The molecule has 0 spiro atoms. The van der Waals surface area contributed by atoms with Crippen LogP contribution in [-0.2, 0) is 6.54 Å². The number of aromatic amines is 1. The molecule has 1 aromatic carbocycles. The summed E-state index contributed by atoms with van der Waals surface area (Å²) >= 11 is 0. The molecule has 4 rings (SSSR count). The molecule has 7 heteroatoms. The average molecular weight is 388 g/mol. The van der Waals surface area contributed by atoms with E-state index in [-0.39, 0.29) is 11.5 Å². The van der Waals surface area contributed by atoms with Crippen LogP contribution < -0.4 is 16.2 Å². The molecular weight excluding hydrogens is 368 g/mol. The number of nitrogens with one attached hydrogen (secondary N) is 3. The van der Waals surface area contributed by atoms with Crippen molar-refractivity contribution < 1.29 is 9.59 Å². The van der Waals surface area contributed by atoms with E-state index in [0.29, 0.717) is 23.7 Å². The van der Waals surface area contributed by atoms with Crippen LogP contribution in [0.25, 0.3) is 0 Å². The molecule has 3 N–H and O–H groups in total. The maximum atomic E-state index is 12.6. The zero-order valence-electron chi connectivity index (χ0n) is 15.6. The van der Waals surface area contributed by atoms with Gasteiger partial charge in [-0.05, 0) is 54.7 Å². The molecule has 2 heterocycles. The SMILES string of the molecule is O=C(NCc1cccnc1)c1ccccc1NC(=O)c1ccc(C2CC2)[nH]c1=O. The number of aromatic nitrogens is 2. The quantitative estimate of drug-likeness (QED) is 0.604. The van der Waals surface area contributed by atoms with E-state index in [1.54, 1.807) is 48.8 Å². The van der Waals surface area contributed by atoms with Gasteiger partial charge in [-0.1, -0.05) is 18.2 Å². The summed E-state index contributed by atoms with van der Waals surface area (Å²) in [5.41, 5.74) is 1.97. The van der Waals surface area contributed by atoms with Crippen LogP contribution in [0, 0.1) is 0 Å². The Hall–Kier alpha value is -3.74. The molecule has 1 aliphatic rings. The lowest BCUT2D eigenvalue weighted by Crippen LogP contribution is -2.27. The number of carbonyl (C=O) groups excluding carboxylic acids is 2. The fourth-order valence-corrected chi connectivity index (χ4v) is 3.06. The molecule has 1 fully saturated rings. The van der Waals surface area contributed by atoms with Crippen LogP contribution in [0.1, 0.15) is 50.7 Å². The van der Waals surface area contributed by atoms with Crippen LogP contribution in [0.5, 0.6) is 0 Å². The van der Waals surface area contributed by atoms with E-state index in [1.165, 1.54) is 6.07 Å². The highest BCUT2D eigenvalue weighted by atomic mass is 16.2. The van der Waals surface area contributed by atoms with Gasteiger partial charge in [0.1, 0.15) is 5.56 Å². The summed E-state index contributed by atoms with van der Waals surface area (Å²) in [5, 5.41) is 5.49. The number of benzene rings is 1. The summed E-state index contributed by atoms with van der Waals surface area (Å²) in [7, 11) is 0. The van der Waals surface area contributed by atoms with Gasteiger partial charge in [0.2, 0.25) is 0 Å². The van der Waals surface area contributed by atoms with E-state index in [2.05, 4.69) is 20.6 Å². The molecule has 29 heavy (non-hydrogen) atoms. The fraction of sp³-hybridized carbons (Fsp3) is 0.182. The lowest BCUT2D eigenvalue weighted by Gasteiger charge is -2.11. The summed E-state index contributed by atoms with van der Waals surface area (Å²) < 4.78 is 0. The highest BCUT2D eigenvalue weighted by molar-refractivity contribution is 6.08. The summed E-state index contributed by atoms with van der Waals surface area (Å²) in [6, 6.07) is 13.6. The highest BCUT2D eigenvalue weighted by Crippen LogP contribution is 2.38. The van der Waals surface area contributed by atoms with Crippen LogP contribution in [0.3, 0.4) is 0 Å². The van der Waals surface area contributed by atoms with Gasteiger partial charge in [-0.15, -0.1) is 0 Å². The maximum Gasteiger partial charge on any atom is 0.261 e. The van der Waals surface area contributed by atoms with Gasteiger partial charge in [0, 0.05) is 24.6 Å². The monoisotopic (exact) mass is 388 g/mol. The topological polar surface area (TPSA) is 104 Å². The zero-order valence-corrected chi connectivity index (χ0v) is 15.6. The van der Waals surface area contributed by atoms with Crippen LogP contribution in [0.2, 0.25) is 0 Å². The molecule has 3 aromatic rings. The van der Waals surface area contributed by atoms with Gasteiger partial charge in [0.25, 0.3) is 17.4 Å². The Bertz CT molecular complexity index is 1100. The molecule has 7 nitrogen and oxygen atoms in total. The summed E-state index contributed by atoms with van der Waals surface area (Å²) in [6.07, 6.45) is 5.45. The van der Waals surface area contributed by atoms with Crippen LogP contribution in [0.15, 0.2) is 65.7 Å². The van der Waals surface area contributed by atoms with Crippen molar-refractivity contribution in [3.8, 4) is 0 Å². The lowest BCUT2D eigenvalue weighted by molar-refractivity contribution is 0.0951. The van der Waals surface area contributed by atoms with Crippen molar-refractivity contribution in [2.75, 3.05) is 5.32 Å². The number of hydrogen-bond donors (Lipinski definition) is 3. The smallest absolute Gasteiger partial charge is 0.261 e. The second-order valence-corrected chi connectivity index (χ2v) is 6.97. The van der Waals surface area contributed by atoms with Gasteiger partial charge in [0.15, 0.2) is 0 Å². The number of anilines is 1. The minimum atomic E-state index is -0.555. The Morgan fingerprint density at radius 3 is 2.55 bits per heavy atom. The van der Waals surface area contributed by atoms with Gasteiger partial charge in [-0.2, -0.15) is 0 Å². The molecule has 0 aliphatic heterocycles. The fourth-order valence-electron chi connectivity index (χ4n) is 3.06. The summed E-state index contributed by atoms with van der Waals surface area (Å²) in [4.78, 5) is 44.3. The molecular formula is C22H20N4O3. The van der Waals surface area contributed by atoms with Crippen molar-refractivity contribution in [3.63, 3.8) is 0 Å². The van der Waals surface area contributed by atoms with Gasteiger partial charge >= 0.3 is 0 Å². The Morgan fingerprint density at radius 2 is 1.83 bits per heavy atom. The largest absolute Gasteiger partial charge is 0.348 e. The number of nitrogens with zero attached hydrogens (tertiary/aromatic N) is 1. The number of pyridine rings is 2. The van der Waals surface area contributed by atoms with E-state index in [0.717, 1.165) is 24.1 Å². The number of carbonyl (C=O) groups is 2. The molecule has 0 saturated heterocycles. The van der Waals surface area contributed by atoms with Crippen LogP contribution in [0.4, 0.5) is 5.69 Å². The highest BCUT2D eigenvalue weighted by Gasteiger charge is 2.25. The normalized spacial score (nSPS) is 13.0. The Labute approximate surface area is 167 Å². The van der Waals surface area contributed by atoms with Crippen molar-refractivity contribution in [1.82, 2.24) is 15.3 Å². The minimum Gasteiger partial charge on any atom is -0.348 e. The van der Waals surface area contributed by atoms with Gasteiger partial charge < -0.3 is 15.6 Å². The van der Waals surface area contributed by atoms with Crippen molar-refractivity contribution >= 4 is 17.5 Å². The second-order valence-electron chi connectivity index (χ2n) is 6.97. The third-order valence-corrected chi connectivity index (χ3v) is 4.79. The van der Waals surface area contributed by atoms with Gasteiger partial charge in [0.05, 0.1) is 11.3 Å². The Morgan fingerprint density at radius 1 is 1.00 bits per heavy atom. The summed E-state index contributed by atoms with van der Waals surface area (Å²) in [5.74, 6) is -0.493. The molecule has 1 aliphatic carbocycles. The predicted octanol–water partition coefficient (Wildman–Crippen LogP) is 2.83. The first kappa shape index (κ1) is 18.6. The predicted molar refractivity (Wildman–Crippen MR) is 109 cm³/mol. The molecule has 0 unspecified atom stereocenters. The number of hydrogen-bond acceptors (Lipinski definition) is 4. The molecule has 2 amide bonds. The zero-order chi connectivity index (χ0) is 20.2. The summed E-state index contributed by atoms with van der Waals surface area (Å²) in [6.45, 7) is 0.317. The number of amides is 2.